The molecule has 14 heavy (non-hydrogen) atoms. The third kappa shape index (κ3) is 2.98. The van der Waals surface area contributed by atoms with Crippen molar-refractivity contribution in [1.82, 2.24) is 4.90 Å². The van der Waals surface area contributed by atoms with Crippen LogP contribution in [0.1, 0.15) is 40.0 Å². The maximum Gasteiger partial charge on any atom is 0.222 e. The van der Waals surface area contributed by atoms with Gasteiger partial charge in [0.05, 0.1) is 0 Å². The Morgan fingerprint density at radius 3 is 2.57 bits per heavy atom. The number of rotatable bonds is 2. The number of nitrogens with two attached hydrogens (primary N) is 1. The lowest BCUT2D eigenvalue weighted by Gasteiger charge is -2.34. The first-order valence-corrected chi connectivity index (χ1v) is 5.44. The lowest BCUT2D eigenvalue weighted by Crippen LogP contribution is -2.48. The molecule has 3 nitrogen and oxygen atoms in total. The van der Waals surface area contributed by atoms with Gasteiger partial charge in [-0.2, -0.15) is 0 Å². The standard InChI is InChI=1S/C11H22N2O/c1-11(2,3)9(12)8-13-7-5-4-6-10(13)14/h9H,4-8,12H2,1-3H3. The Hall–Kier alpha value is -0.570. The fourth-order valence-electron chi connectivity index (χ4n) is 1.57. The van der Waals surface area contributed by atoms with E-state index in [0.29, 0.717) is 13.0 Å². The minimum absolute atomic E-state index is 0.0737. The van der Waals surface area contributed by atoms with Crippen molar-refractivity contribution in [3.8, 4) is 0 Å². The molecule has 0 aliphatic carbocycles. The van der Waals surface area contributed by atoms with Crippen molar-refractivity contribution < 1.29 is 4.79 Å². The van der Waals surface area contributed by atoms with Crippen LogP contribution < -0.4 is 5.73 Å². The highest BCUT2D eigenvalue weighted by Crippen LogP contribution is 2.20. The van der Waals surface area contributed by atoms with Crippen molar-refractivity contribution in [2.75, 3.05) is 13.1 Å². The summed E-state index contributed by atoms with van der Waals surface area (Å²) in [6.07, 6.45) is 2.87. The van der Waals surface area contributed by atoms with E-state index in [4.69, 9.17) is 5.73 Å². The molecule has 0 spiro atoms. The number of piperidine rings is 1. The third-order valence-corrected chi connectivity index (χ3v) is 2.95. The number of carbonyl (C=O) groups is 1. The van der Waals surface area contributed by atoms with Gasteiger partial charge in [-0.1, -0.05) is 20.8 Å². The third-order valence-electron chi connectivity index (χ3n) is 2.95. The molecule has 1 saturated heterocycles. The Morgan fingerprint density at radius 1 is 1.43 bits per heavy atom. The van der Waals surface area contributed by atoms with Gasteiger partial charge in [0.25, 0.3) is 0 Å². The summed E-state index contributed by atoms with van der Waals surface area (Å²) in [5.74, 6) is 0.274. The molecule has 3 heteroatoms. The van der Waals surface area contributed by atoms with Crippen LogP contribution in [0.2, 0.25) is 0 Å². The zero-order valence-electron chi connectivity index (χ0n) is 9.55. The maximum absolute atomic E-state index is 11.5. The number of hydrogen-bond acceptors (Lipinski definition) is 2. The molecule has 0 aromatic carbocycles. The van der Waals surface area contributed by atoms with Gasteiger partial charge >= 0.3 is 0 Å². The van der Waals surface area contributed by atoms with Crippen molar-refractivity contribution in [3.05, 3.63) is 0 Å². The highest BCUT2D eigenvalue weighted by atomic mass is 16.2. The van der Waals surface area contributed by atoms with Crippen LogP contribution in [0.15, 0.2) is 0 Å². The maximum atomic E-state index is 11.5. The highest BCUT2D eigenvalue weighted by Gasteiger charge is 2.26. The minimum Gasteiger partial charge on any atom is -0.341 e. The van der Waals surface area contributed by atoms with Gasteiger partial charge in [0.2, 0.25) is 5.91 Å². The lowest BCUT2D eigenvalue weighted by atomic mass is 9.87. The summed E-state index contributed by atoms with van der Waals surface area (Å²) in [5.41, 5.74) is 6.13. The monoisotopic (exact) mass is 198 g/mol. The average molecular weight is 198 g/mol. The molecule has 1 rings (SSSR count). The van der Waals surface area contributed by atoms with E-state index in [9.17, 15) is 4.79 Å². The summed E-state index contributed by atoms with van der Waals surface area (Å²) in [6.45, 7) is 7.95. The fraction of sp³-hybridized carbons (Fsp3) is 0.909. The van der Waals surface area contributed by atoms with E-state index in [0.717, 1.165) is 19.4 Å². The summed E-state index contributed by atoms with van der Waals surface area (Å²) in [6, 6.07) is 0.0737. The predicted octanol–water partition coefficient (Wildman–Crippen LogP) is 1.37. The fourth-order valence-corrected chi connectivity index (χ4v) is 1.57. The smallest absolute Gasteiger partial charge is 0.222 e. The van der Waals surface area contributed by atoms with Crippen LogP contribution in [0.5, 0.6) is 0 Å². The van der Waals surface area contributed by atoms with Gasteiger partial charge in [-0.25, -0.2) is 0 Å². The number of likely N-dealkylation sites (tertiary alicyclic amines) is 1. The van der Waals surface area contributed by atoms with Crippen LogP contribution >= 0.6 is 0 Å². The zero-order chi connectivity index (χ0) is 10.8. The normalized spacial score (nSPS) is 21.1. The quantitative estimate of drug-likeness (QED) is 0.728. The van der Waals surface area contributed by atoms with E-state index in [1.54, 1.807) is 0 Å². The summed E-state index contributed by atoms with van der Waals surface area (Å²) in [4.78, 5) is 13.4. The van der Waals surface area contributed by atoms with Crippen molar-refractivity contribution >= 4 is 5.91 Å². The molecular formula is C11H22N2O. The van der Waals surface area contributed by atoms with Gasteiger partial charge in [0, 0.05) is 25.6 Å². The predicted molar refractivity (Wildman–Crippen MR) is 57.9 cm³/mol. The van der Waals surface area contributed by atoms with E-state index in [-0.39, 0.29) is 17.4 Å². The van der Waals surface area contributed by atoms with Crippen LogP contribution in [0.4, 0.5) is 0 Å². The molecule has 0 aromatic heterocycles. The molecule has 0 radical (unpaired) electrons. The Balaban J connectivity index is 2.46. The molecule has 1 heterocycles. The van der Waals surface area contributed by atoms with Crippen molar-refractivity contribution in [1.29, 1.82) is 0 Å². The molecule has 0 bridgehead atoms. The van der Waals surface area contributed by atoms with Crippen LogP contribution in [0.3, 0.4) is 0 Å². The Morgan fingerprint density at radius 2 is 2.07 bits per heavy atom. The number of hydrogen-bond donors (Lipinski definition) is 1. The molecule has 1 atom stereocenters. The van der Waals surface area contributed by atoms with Gasteiger partial charge < -0.3 is 10.6 Å². The molecule has 0 saturated carbocycles. The Kier molecular flexibility index (Phi) is 3.53. The average Bonchev–Trinajstić information content (AvgIpc) is 2.07. The number of amides is 1. The molecule has 0 aromatic rings. The van der Waals surface area contributed by atoms with Crippen LogP contribution in [-0.2, 0) is 4.79 Å². The largest absolute Gasteiger partial charge is 0.341 e. The van der Waals surface area contributed by atoms with Crippen LogP contribution in [-0.4, -0.2) is 29.9 Å². The van der Waals surface area contributed by atoms with Gasteiger partial charge in [0.1, 0.15) is 0 Å². The first-order chi connectivity index (χ1) is 6.41. The van der Waals surface area contributed by atoms with E-state index < -0.39 is 0 Å². The van der Waals surface area contributed by atoms with Crippen molar-refractivity contribution in [3.63, 3.8) is 0 Å². The second-order valence-corrected chi connectivity index (χ2v) is 5.27. The molecule has 2 N–H and O–H groups in total. The molecule has 1 unspecified atom stereocenters. The van der Waals surface area contributed by atoms with Crippen LogP contribution in [0, 0.1) is 5.41 Å². The van der Waals surface area contributed by atoms with Gasteiger partial charge in [-0.3, -0.25) is 4.79 Å². The summed E-state index contributed by atoms with van der Waals surface area (Å²) in [7, 11) is 0. The van der Waals surface area contributed by atoms with Crippen molar-refractivity contribution in [2.45, 2.75) is 46.1 Å². The van der Waals surface area contributed by atoms with E-state index >= 15 is 0 Å². The zero-order valence-corrected chi connectivity index (χ0v) is 9.55. The second kappa shape index (κ2) is 4.30. The first-order valence-electron chi connectivity index (χ1n) is 5.44. The SMILES string of the molecule is CC(C)(C)C(N)CN1CCCCC1=O. The molecule has 1 fully saturated rings. The molecule has 1 amide bonds. The minimum atomic E-state index is 0.0737. The van der Waals surface area contributed by atoms with Crippen LogP contribution in [0.25, 0.3) is 0 Å². The number of nitrogens with zero attached hydrogens (tertiary/aromatic N) is 1. The Bertz CT molecular complexity index is 208. The first kappa shape index (κ1) is 11.5. The molecule has 1 aliphatic heterocycles. The summed E-state index contributed by atoms with van der Waals surface area (Å²) < 4.78 is 0. The number of carbonyl (C=O) groups excluding carboxylic acids is 1. The molecule has 1 aliphatic rings. The lowest BCUT2D eigenvalue weighted by molar-refractivity contribution is -0.133. The van der Waals surface area contributed by atoms with E-state index in [2.05, 4.69) is 20.8 Å². The molecular weight excluding hydrogens is 176 g/mol. The van der Waals surface area contributed by atoms with Gasteiger partial charge in [0.15, 0.2) is 0 Å². The van der Waals surface area contributed by atoms with Crippen molar-refractivity contribution in [2.24, 2.45) is 11.1 Å². The second-order valence-electron chi connectivity index (χ2n) is 5.27. The van der Waals surface area contributed by atoms with Gasteiger partial charge in [-0.15, -0.1) is 0 Å². The summed E-state index contributed by atoms with van der Waals surface area (Å²) in [5, 5.41) is 0. The highest BCUT2D eigenvalue weighted by molar-refractivity contribution is 5.76. The molecule has 82 valence electrons. The van der Waals surface area contributed by atoms with E-state index in [1.807, 2.05) is 4.90 Å². The van der Waals surface area contributed by atoms with Gasteiger partial charge in [-0.05, 0) is 18.3 Å². The topological polar surface area (TPSA) is 46.3 Å². The van der Waals surface area contributed by atoms with E-state index in [1.165, 1.54) is 0 Å². The Labute approximate surface area is 86.6 Å². The summed E-state index contributed by atoms with van der Waals surface area (Å²) >= 11 is 0.